The number of halogens is 1. The highest BCUT2D eigenvalue weighted by Gasteiger charge is 2.31. The summed E-state index contributed by atoms with van der Waals surface area (Å²) >= 11 is 0. The molecular formula is C13H15FN2O4. The summed E-state index contributed by atoms with van der Waals surface area (Å²) in [6.07, 6.45) is 1.59. The first kappa shape index (κ1) is 14.2. The zero-order valence-corrected chi connectivity index (χ0v) is 10.9. The molecule has 6 nitrogen and oxygen atoms in total. The number of carboxylic acid groups (broad SMARTS) is 1. The third-order valence-corrected chi connectivity index (χ3v) is 3.62. The van der Waals surface area contributed by atoms with Gasteiger partial charge < -0.3 is 10.4 Å². The van der Waals surface area contributed by atoms with Gasteiger partial charge in [0.25, 0.3) is 5.69 Å². The molecular weight excluding hydrogens is 267 g/mol. The van der Waals surface area contributed by atoms with E-state index in [0.29, 0.717) is 24.8 Å². The monoisotopic (exact) mass is 282 g/mol. The lowest BCUT2D eigenvalue weighted by Crippen LogP contribution is -2.18. The fourth-order valence-electron chi connectivity index (χ4n) is 2.49. The Morgan fingerprint density at radius 1 is 1.50 bits per heavy atom. The predicted octanol–water partition coefficient (Wildman–Crippen LogP) is 2.71. The lowest BCUT2D eigenvalue weighted by atomic mass is 10.1. The van der Waals surface area contributed by atoms with Crippen molar-refractivity contribution in [2.75, 3.05) is 5.32 Å². The molecule has 0 heterocycles. The van der Waals surface area contributed by atoms with Gasteiger partial charge in [-0.3, -0.25) is 14.9 Å². The normalized spacial score (nSPS) is 21.7. The van der Waals surface area contributed by atoms with Crippen LogP contribution in [0.3, 0.4) is 0 Å². The number of nitro groups is 1. The largest absolute Gasteiger partial charge is 0.481 e. The molecule has 1 saturated carbocycles. The second kappa shape index (κ2) is 5.44. The van der Waals surface area contributed by atoms with Crippen molar-refractivity contribution in [3.8, 4) is 0 Å². The van der Waals surface area contributed by atoms with Gasteiger partial charge in [-0.15, -0.1) is 0 Å². The van der Waals surface area contributed by atoms with Crippen LogP contribution in [0.2, 0.25) is 0 Å². The Balaban J connectivity index is 2.19. The van der Waals surface area contributed by atoms with Gasteiger partial charge in [-0.25, -0.2) is 4.39 Å². The van der Waals surface area contributed by atoms with Crippen LogP contribution in [-0.4, -0.2) is 22.0 Å². The van der Waals surface area contributed by atoms with E-state index in [1.165, 1.54) is 13.0 Å². The minimum atomic E-state index is -0.848. The highest BCUT2D eigenvalue weighted by atomic mass is 19.1. The summed E-state index contributed by atoms with van der Waals surface area (Å²) in [6, 6.07) is 2.14. The molecule has 20 heavy (non-hydrogen) atoms. The number of nitro benzene ring substituents is 1. The number of nitrogens with one attached hydrogen (secondary N) is 1. The van der Waals surface area contributed by atoms with Crippen LogP contribution in [0.4, 0.5) is 15.8 Å². The number of hydrogen-bond donors (Lipinski definition) is 2. The zero-order chi connectivity index (χ0) is 14.9. The van der Waals surface area contributed by atoms with Crippen LogP contribution in [0.5, 0.6) is 0 Å². The van der Waals surface area contributed by atoms with Crippen molar-refractivity contribution in [1.29, 1.82) is 0 Å². The molecule has 0 spiro atoms. The first-order valence-corrected chi connectivity index (χ1v) is 6.32. The standard InChI is InChI=1S/C13H15FN2O4/c1-7-4-11(12(16(19)20)6-10(7)14)15-9-3-2-8(5-9)13(17)18/h4,6,8-9,15H,2-3,5H2,1H3,(H,17,18). The number of hydrogen-bond acceptors (Lipinski definition) is 4. The molecule has 2 N–H and O–H groups in total. The third-order valence-electron chi connectivity index (χ3n) is 3.62. The van der Waals surface area contributed by atoms with Crippen molar-refractivity contribution >= 4 is 17.3 Å². The molecule has 0 saturated heterocycles. The molecule has 1 aromatic carbocycles. The topological polar surface area (TPSA) is 92.5 Å². The van der Waals surface area contributed by atoms with Gasteiger partial charge in [0.2, 0.25) is 0 Å². The Labute approximate surface area is 114 Å². The molecule has 1 aromatic rings. The van der Waals surface area contributed by atoms with Gasteiger partial charge in [0.05, 0.1) is 16.9 Å². The summed E-state index contributed by atoms with van der Waals surface area (Å²) in [5, 5.41) is 22.8. The number of aliphatic carboxylic acids is 1. The number of aryl methyl sites for hydroxylation is 1. The van der Waals surface area contributed by atoms with Gasteiger partial charge in [0.1, 0.15) is 11.5 Å². The number of carboxylic acids is 1. The molecule has 0 amide bonds. The number of carbonyl (C=O) groups is 1. The molecule has 1 fully saturated rings. The second-order valence-corrected chi connectivity index (χ2v) is 5.07. The van der Waals surface area contributed by atoms with Crippen LogP contribution in [-0.2, 0) is 4.79 Å². The predicted molar refractivity (Wildman–Crippen MR) is 70.2 cm³/mol. The van der Waals surface area contributed by atoms with E-state index in [2.05, 4.69) is 5.32 Å². The second-order valence-electron chi connectivity index (χ2n) is 5.07. The fraction of sp³-hybridized carbons (Fsp3) is 0.462. The fourth-order valence-corrected chi connectivity index (χ4v) is 2.49. The van der Waals surface area contributed by atoms with Crippen molar-refractivity contribution < 1.29 is 19.2 Å². The van der Waals surface area contributed by atoms with Crippen LogP contribution in [0.15, 0.2) is 12.1 Å². The molecule has 0 radical (unpaired) electrons. The summed E-state index contributed by atoms with van der Waals surface area (Å²) in [5.41, 5.74) is 0.225. The van der Waals surface area contributed by atoms with E-state index in [0.717, 1.165) is 6.07 Å². The summed E-state index contributed by atoms with van der Waals surface area (Å²) < 4.78 is 13.4. The molecule has 2 rings (SSSR count). The van der Waals surface area contributed by atoms with Crippen LogP contribution >= 0.6 is 0 Å². The first-order valence-electron chi connectivity index (χ1n) is 6.32. The molecule has 2 unspecified atom stereocenters. The third kappa shape index (κ3) is 2.87. The van der Waals surface area contributed by atoms with Crippen molar-refractivity contribution in [3.05, 3.63) is 33.6 Å². The summed E-state index contributed by atoms with van der Waals surface area (Å²) in [4.78, 5) is 21.2. The number of benzene rings is 1. The molecule has 0 aliphatic heterocycles. The molecule has 0 bridgehead atoms. The Kier molecular flexibility index (Phi) is 3.87. The minimum Gasteiger partial charge on any atom is -0.481 e. The van der Waals surface area contributed by atoms with Crippen molar-refractivity contribution in [1.82, 2.24) is 0 Å². The number of rotatable bonds is 4. The quantitative estimate of drug-likeness (QED) is 0.654. The zero-order valence-electron chi connectivity index (χ0n) is 10.9. The molecule has 1 aliphatic rings. The lowest BCUT2D eigenvalue weighted by Gasteiger charge is -2.14. The molecule has 2 atom stereocenters. The van der Waals surface area contributed by atoms with E-state index >= 15 is 0 Å². The molecule has 108 valence electrons. The van der Waals surface area contributed by atoms with Crippen LogP contribution in [0.1, 0.15) is 24.8 Å². The van der Waals surface area contributed by atoms with Gasteiger partial charge in [-0.1, -0.05) is 0 Å². The van der Waals surface area contributed by atoms with Gasteiger partial charge >= 0.3 is 5.97 Å². The van der Waals surface area contributed by atoms with E-state index in [9.17, 15) is 19.3 Å². The smallest absolute Gasteiger partial charge is 0.306 e. The maximum atomic E-state index is 13.4. The van der Waals surface area contributed by atoms with Crippen LogP contribution in [0.25, 0.3) is 0 Å². The van der Waals surface area contributed by atoms with E-state index < -0.39 is 22.6 Å². The molecule has 1 aliphatic carbocycles. The maximum Gasteiger partial charge on any atom is 0.306 e. The van der Waals surface area contributed by atoms with E-state index in [1.54, 1.807) is 0 Å². The highest BCUT2D eigenvalue weighted by molar-refractivity contribution is 5.71. The highest BCUT2D eigenvalue weighted by Crippen LogP contribution is 2.33. The Bertz CT molecular complexity index is 562. The summed E-state index contributed by atoms with van der Waals surface area (Å²) in [5.74, 6) is -1.90. The summed E-state index contributed by atoms with van der Waals surface area (Å²) in [7, 11) is 0. The van der Waals surface area contributed by atoms with Gasteiger partial charge in [0.15, 0.2) is 0 Å². The van der Waals surface area contributed by atoms with Crippen LogP contribution < -0.4 is 5.32 Å². The average molecular weight is 282 g/mol. The maximum absolute atomic E-state index is 13.4. The first-order chi connectivity index (χ1) is 9.38. The summed E-state index contributed by atoms with van der Waals surface area (Å²) in [6.45, 7) is 1.53. The van der Waals surface area contributed by atoms with E-state index in [-0.39, 0.29) is 17.4 Å². The molecule has 0 aromatic heterocycles. The van der Waals surface area contributed by atoms with E-state index in [4.69, 9.17) is 5.11 Å². The van der Waals surface area contributed by atoms with Gasteiger partial charge in [-0.2, -0.15) is 0 Å². The van der Waals surface area contributed by atoms with Gasteiger partial charge in [-0.05, 0) is 37.8 Å². The number of nitrogens with zero attached hydrogens (tertiary/aromatic N) is 1. The van der Waals surface area contributed by atoms with Crippen molar-refractivity contribution in [2.24, 2.45) is 5.92 Å². The van der Waals surface area contributed by atoms with Gasteiger partial charge in [0, 0.05) is 6.04 Å². The SMILES string of the molecule is Cc1cc(NC2CCC(C(=O)O)C2)c([N+](=O)[O-])cc1F. The lowest BCUT2D eigenvalue weighted by molar-refractivity contribution is -0.384. The minimum absolute atomic E-state index is 0.139. The Morgan fingerprint density at radius 2 is 2.20 bits per heavy atom. The Morgan fingerprint density at radius 3 is 2.75 bits per heavy atom. The van der Waals surface area contributed by atoms with Crippen molar-refractivity contribution in [2.45, 2.75) is 32.2 Å². The molecule has 7 heteroatoms. The van der Waals surface area contributed by atoms with E-state index in [1.807, 2.05) is 0 Å². The average Bonchev–Trinajstić information content (AvgIpc) is 2.82. The van der Waals surface area contributed by atoms with Crippen LogP contribution in [0, 0.1) is 28.8 Å². The number of anilines is 1. The Hall–Kier alpha value is -2.18. The van der Waals surface area contributed by atoms with Crippen molar-refractivity contribution in [3.63, 3.8) is 0 Å².